The van der Waals surface area contributed by atoms with E-state index >= 15 is 0 Å². The van der Waals surface area contributed by atoms with Crippen molar-refractivity contribution in [2.45, 2.75) is 18.5 Å². The fourth-order valence-electron chi connectivity index (χ4n) is 0.607. The quantitative estimate of drug-likeness (QED) is 0.357. The van der Waals surface area contributed by atoms with Gasteiger partial charge in [-0.1, -0.05) is 0 Å². The second-order valence-electron chi connectivity index (χ2n) is 2.69. The number of nitrogens with two attached hydrogens (primary N) is 2. The first-order chi connectivity index (χ1) is 6.49. The molecule has 0 aromatic rings. The zero-order chi connectivity index (χ0) is 11.1. The van der Waals surface area contributed by atoms with Crippen LogP contribution in [0.1, 0.15) is 6.42 Å². The van der Waals surface area contributed by atoms with Gasteiger partial charge in [0.25, 0.3) is 0 Å². The number of hydrogen-bond donors (Lipinski definition) is 4. The standard InChI is InChI=1S/C7H14N2O5/c8-4(1-2-10)7(13)14-3-5(9)6(11)12/h4-5,10H,1-3,8-9H2,(H,11,12)/t4-,5-/m0/s1. The van der Waals surface area contributed by atoms with Crippen LogP contribution in [0.25, 0.3) is 0 Å². The van der Waals surface area contributed by atoms with Crippen molar-refractivity contribution in [3.63, 3.8) is 0 Å². The molecule has 0 saturated heterocycles. The van der Waals surface area contributed by atoms with Gasteiger partial charge < -0.3 is 26.4 Å². The summed E-state index contributed by atoms with van der Waals surface area (Å²) in [6, 6.07) is -2.19. The Bertz CT molecular complexity index is 208. The van der Waals surface area contributed by atoms with E-state index in [1.165, 1.54) is 0 Å². The Balaban J connectivity index is 3.78. The Morgan fingerprint density at radius 3 is 2.29 bits per heavy atom. The average Bonchev–Trinajstić information content (AvgIpc) is 2.13. The molecule has 14 heavy (non-hydrogen) atoms. The number of carboxylic acids is 1. The van der Waals surface area contributed by atoms with Crippen LogP contribution in [0, 0.1) is 0 Å². The second kappa shape index (κ2) is 6.30. The van der Waals surface area contributed by atoms with Crippen LogP contribution in [0.2, 0.25) is 0 Å². The lowest BCUT2D eigenvalue weighted by Crippen LogP contribution is -2.39. The first kappa shape index (κ1) is 12.8. The summed E-state index contributed by atoms with van der Waals surface area (Å²) in [6.45, 7) is -0.658. The normalized spacial score (nSPS) is 14.5. The summed E-state index contributed by atoms with van der Waals surface area (Å²) in [4.78, 5) is 21.2. The molecule has 0 rings (SSSR count). The number of hydrogen-bond acceptors (Lipinski definition) is 6. The van der Waals surface area contributed by atoms with E-state index in [0.29, 0.717) is 0 Å². The topological polar surface area (TPSA) is 136 Å². The molecule has 0 aliphatic heterocycles. The summed E-state index contributed by atoms with van der Waals surface area (Å²) in [5.41, 5.74) is 10.3. The lowest BCUT2D eigenvalue weighted by Gasteiger charge is -2.11. The van der Waals surface area contributed by atoms with Crippen LogP contribution < -0.4 is 11.5 Å². The van der Waals surface area contributed by atoms with Crippen LogP contribution in [0.4, 0.5) is 0 Å². The van der Waals surface area contributed by atoms with Gasteiger partial charge in [-0.15, -0.1) is 0 Å². The summed E-state index contributed by atoms with van der Waals surface area (Å²) in [5.74, 6) is -2.02. The minimum Gasteiger partial charge on any atom is -0.480 e. The molecule has 0 aromatic carbocycles. The fourth-order valence-corrected chi connectivity index (χ4v) is 0.607. The van der Waals surface area contributed by atoms with E-state index in [2.05, 4.69) is 4.74 Å². The Hall–Kier alpha value is -1.18. The highest BCUT2D eigenvalue weighted by atomic mass is 16.5. The number of rotatable bonds is 6. The van der Waals surface area contributed by atoms with Gasteiger partial charge in [0.2, 0.25) is 0 Å². The molecule has 0 aromatic heterocycles. The second-order valence-corrected chi connectivity index (χ2v) is 2.69. The number of carbonyl (C=O) groups is 2. The van der Waals surface area contributed by atoms with Gasteiger partial charge in [-0.2, -0.15) is 0 Å². The molecule has 0 saturated carbocycles. The number of esters is 1. The van der Waals surface area contributed by atoms with E-state index in [1.54, 1.807) is 0 Å². The lowest BCUT2D eigenvalue weighted by atomic mass is 10.2. The van der Waals surface area contributed by atoms with Gasteiger partial charge in [0, 0.05) is 6.61 Å². The number of aliphatic carboxylic acids is 1. The highest BCUT2D eigenvalue weighted by molar-refractivity contribution is 5.77. The van der Waals surface area contributed by atoms with Gasteiger partial charge in [0.15, 0.2) is 0 Å². The van der Waals surface area contributed by atoms with Gasteiger partial charge in [-0.3, -0.25) is 9.59 Å². The van der Waals surface area contributed by atoms with Crippen LogP contribution in [0.3, 0.4) is 0 Å². The molecule has 6 N–H and O–H groups in total. The van der Waals surface area contributed by atoms with Crippen molar-refractivity contribution in [3.05, 3.63) is 0 Å². The molecule has 82 valence electrons. The maximum absolute atomic E-state index is 11.0. The van der Waals surface area contributed by atoms with Crippen molar-refractivity contribution in [3.8, 4) is 0 Å². The molecule has 0 aliphatic carbocycles. The predicted molar refractivity (Wildman–Crippen MR) is 46.2 cm³/mol. The SMILES string of the molecule is N[C@@H](COC(=O)[C@@H](N)CCO)C(=O)O. The zero-order valence-corrected chi connectivity index (χ0v) is 7.55. The minimum absolute atomic E-state index is 0.0706. The van der Waals surface area contributed by atoms with E-state index in [0.717, 1.165) is 0 Å². The molecule has 7 nitrogen and oxygen atoms in total. The molecular formula is C7H14N2O5. The van der Waals surface area contributed by atoms with Crippen LogP contribution >= 0.6 is 0 Å². The first-order valence-electron chi connectivity index (χ1n) is 4.00. The van der Waals surface area contributed by atoms with Crippen LogP contribution in [0.5, 0.6) is 0 Å². The molecule has 0 radical (unpaired) electrons. The van der Waals surface area contributed by atoms with Gasteiger partial charge >= 0.3 is 11.9 Å². The first-order valence-corrected chi connectivity index (χ1v) is 4.00. The summed E-state index contributed by atoms with van der Waals surface area (Å²) >= 11 is 0. The molecule has 0 heterocycles. The number of carboxylic acid groups (broad SMARTS) is 1. The Morgan fingerprint density at radius 2 is 1.86 bits per heavy atom. The van der Waals surface area contributed by atoms with Gasteiger partial charge in [-0.25, -0.2) is 0 Å². The Morgan fingerprint density at radius 1 is 1.29 bits per heavy atom. The molecule has 0 spiro atoms. The maximum Gasteiger partial charge on any atom is 0.324 e. The number of aliphatic hydroxyl groups is 1. The maximum atomic E-state index is 11.0. The number of carbonyl (C=O) groups excluding carboxylic acids is 1. The summed E-state index contributed by atoms with van der Waals surface area (Å²) in [6.07, 6.45) is 0.0706. The van der Waals surface area contributed by atoms with Crippen molar-refractivity contribution in [2.75, 3.05) is 13.2 Å². The minimum atomic E-state index is -1.26. The van der Waals surface area contributed by atoms with E-state index in [1.807, 2.05) is 0 Å². The van der Waals surface area contributed by atoms with Crippen LogP contribution in [0.15, 0.2) is 0 Å². The summed E-state index contributed by atoms with van der Waals surface area (Å²) in [7, 11) is 0. The predicted octanol–water partition coefficient (Wildman–Crippen LogP) is -2.35. The number of aliphatic hydroxyl groups excluding tert-OH is 1. The van der Waals surface area contributed by atoms with Crippen molar-refractivity contribution < 1.29 is 24.5 Å². The monoisotopic (exact) mass is 206 g/mol. The van der Waals surface area contributed by atoms with Crippen molar-refractivity contribution in [2.24, 2.45) is 11.5 Å². The van der Waals surface area contributed by atoms with E-state index in [-0.39, 0.29) is 13.0 Å². The van der Waals surface area contributed by atoms with Crippen LogP contribution in [-0.2, 0) is 14.3 Å². The molecular weight excluding hydrogens is 192 g/mol. The lowest BCUT2D eigenvalue weighted by molar-refractivity contribution is -0.149. The Kier molecular flexibility index (Phi) is 5.77. The Labute approximate surface area is 80.6 Å². The zero-order valence-electron chi connectivity index (χ0n) is 7.55. The fraction of sp³-hybridized carbons (Fsp3) is 0.714. The molecule has 0 fully saturated rings. The number of ether oxygens (including phenoxy) is 1. The van der Waals surface area contributed by atoms with Crippen LogP contribution in [-0.4, -0.2) is 47.4 Å². The van der Waals surface area contributed by atoms with Crippen molar-refractivity contribution in [1.82, 2.24) is 0 Å². The van der Waals surface area contributed by atoms with Gasteiger partial charge in [0.05, 0.1) is 0 Å². The molecule has 0 unspecified atom stereocenters. The molecule has 0 amide bonds. The van der Waals surface area contributed by atoms with Gasteiger partial charge in [0.1, 0.15) is 18.7 Å². The highest BCUT2D eigenvalue weighted by Gasteiger charge is 2.18. The molecule has 0 aliphatic rings. The van der Waals surface area contributed by atoms with Crippen molar-refractivity contribution >= 4 is 11.9 Å². The smallest absolute Gasteiger partial charge is 0.324 e. The largest absolute Gasteiger partial charge is 0.480 e. The summed E-state index contributed by atoms with van der Waals surface area (Å²) < 4.78 is 4.50. The molecule has 0 bridgehead atoms. The highest BCUT2D eigenvalue weighted by Crippen LogP contribution is 1.92. The summed E-state index contributed by atoms with van der Waals surface area (Å²) in [5, 5.41) is 16.8. The third-order valence-electron chi connectivity index (χ3n) is 1.47. The van der Waals surface area contributed by atoms with E-state index in [4.69, 9.17) is 21.7 Å². The average molecular weight is 206 g/mol. The third-order valence-corrected chi connectivity index (χ3v) is 1.47. The molecule has 7 heteroatoms. The molecule has 2 atom stereocenters. The van der Waals surface area contributed by atoms with Crippen molar-refractivity contribution in [1.29, 1.82) is 0 Å². The van der Waals surface area contributed by atoms with Gasteiger partial charge in [-0.05, 0) is 6.42 Å². The third kappa shape index (κ3) is 4.75. The van der Waals surface area contributed by atoms with E-state index < -0.39 is 30.6 Å². The van der Waals surface area contributed by atoms with E-state index in [9.17, 15) is 9.59 Å².